The van der Waals surface area contributed by atoms with Gasteiger partial charge in [0, 0.05) is 5.92 Å². The van der Waals surface area contributed by atoms with Gasteiger partial charge in [-0.15, -0.1) is 0 Å². The molecule has 144 valence electrons. The zero-order valence-corrected chi connectivity index (χ0v) is 18.2. The Labute approximate surface area is 162 Å². The maximum Gasteiger partial charge on any atom is 0.00950 e. The van der Waals surface area contributed by atoms with Gasteiger partial charge >= 0.3 is 0 Å². The van der Waals surface area contributed by atoms with E-state index in [2.05, 4.69) is 70.7 Å². The van der Waals surface area contributed by atoms with Crippen molar-refractivity contribution in [3.8, 4) is 0 Å². The van der Waals surface area contributed by atoms with Gasteiger partial charge in [-0.05, 0) is 92.4 Å². The summed E-state index contributed by atoms with van der Waals surface area (Å²) in [6, 6.07) is 12.0. The first-order valence-electron chi connectivity index (χ1n) is 10.2. The third-order valence-corrected chi connectivity index (χ3v) is 5.72. The van der Waals surface area contributed by atoms with Gasteiger partial charge in [-0.1, -0.05) is 57.5 Å². The van der Waals surface area contributed by atoms with Gasteiger partial charge < -0.3 is 5.73 Å². The molecule has 0 amide bonds. The Kier molecular flexibility index (Phi) is 9.08. The van der Waals surface area contributed by atoms with Crippen LogP contribution in [0.5, 0.6) is 0 Å². The third-order valence-electron chi connectivity index (χ3n) is 5.72. The van der Waals surface area contributed by atoms with Crippen LogP contribution in [0.2, 0.25) is 0 Å². The summed E-state index contributed by atoms with van der Waals surface area (Å²) in [5.74, 6) is 1.40. The number of hydrogen-bond donors (Lipinski definition) is 1. The molecule has 0 radical (unpaired) electrons. The van der Waals surface area contributed by atoms with Crippen molar-refractivity contribution in [2.24, 2.45) is 11.7 Å². The highest BCUT2D eigenvalue weighted by molar-refractivity contribution is 5.46. The van der Waals surface area contributed by atoms with Crippen molar-refractivity contribution < 1.29 is 0 Å². The van der Waals surface area contributed by atoms with Crippen LogP contribution in [0.15, 0.2) is 30.3 Å². The van der Waals surface area contributed by atoms with Crippen molar-refractivity contribution >= 4 is 0 Å². The van der Waals surface area contributed by atoms with Crippen LogP contribution in [-0.4, -0.2) is 7.05 Å². The Morgan fingerprint density at radius 1 is 0.846 bits per heavy atom. The minimum absolute atomic E-state index is 0.576. The predicted octanol–water partition coefficient (Wildman–Crippen LogP) is 6.63. The average molecular weight is 354 g/mol. The second-order valence-electron chi connectivity index (χ2n) is 7.25. The minimum atomic E-state index is 0.576. The zero-order valence-electron chi connectivity index (χ0n) is 18.2. The first-order valence-corrected chi connectivity index (χ1v) is 10.2. The van der Waals surface area contributed by atoms with E-state index in [-0.39, 0.29) is 0 Å². The van der Waals surface area contributed by atoms with E-state index in [1.165, 1.54) is 54.1 Å². The lowest BCUT2D eigenvalue weighted by atomic mass is 9.72. The standard InChI is InChI=1S/C22H28.C2H6.CH5N/c1-6-18-12-20-10-16(4)17(5)11-21(20)22(13-18)19-8-7-14(2)15(3)9-19;2*1-2/h7-11,18,22H,6,12-13H2,1-5H3;1-2H3;2H2,1H3/t18-,22?;;/m0../s1. The van der Waals surface area contributed by atoms with Crippen LogP contribution < -0.4 is 5.73 Å². The minimum Gasteiger partial charge on any atom is -0.333 e. The summed E-state index contributed by atoms with van der Waals surface area (Å²) in [5, 5.41) is 0. The van der Waals surface area contributed by atoms with E-state index < -0.39 is 0 Å². The third kappa shape index (κ3) is 4.98. The van der Waals surface area contributed by atoms with Crippen LogP contribution in [0.4, 0.5) is 0 Å². The van der Waals surface area contributed by atoms with E-state index in [0.29, 0.717) is 5.92 Å². The molecular weight excluding hydrogens is 314 g/mol. The Balaban J connectivity index is 0.000000791. The average Bonchev–Trinajstić information content (AvgIpc) is 2.67. The van der Waals surface area contributed by atoms with Crippen LogP contribution in [0, 0.1) is 33.6 Å². The number of nitrogens with two attached hydrogens (primary N) is 1. The molecule has 0 heterocycles. The molecule has 1 heteroatoms. The van der Waals surface area contributed by atoms with Gasteiger partial charge in [0.25, 0.3) is 0 Å². The van der Waals surface area contributed by atoms with Crippen LogP contribution in [0.3, 0.4) is 0 Å². The molecule has 0 aromatic heterocycles. The first-order chi connectivity index (χ1) is 12.5. The monoisotopic (exact) mass is 353 g/mol. The van der Waals surface area contributed by atoms with Crippen molar-refractivity contribution in [3.63, 3.8) is 0 Å². The van der Waals surface area contributed by atoms with E-state index in [1.54, 1.807) is 11.1 Å². The summed E-state index contributed by atoms with van der Waals surface area (Å²) in [7, 11) is 1.50. The highest BCUT2D eigenvalue weighted by Gasteiger charge is 2.27. The zero-order chi connectivity index (χ0) is 19.9. The Hall–Kier alpha value is -1.60. The van der Waals surface area contributed by atoms with Crippen molar-refractivity contribution in [2.45, 2.75) is 73.6 Å². The van der Waals surface area contributed by atoms with E-state index in [9.17, 15) is 0 Å². The molecular formula is C25H39N. The maximum absolute atomic E-state index is 4.50. The summed E-state index contributed by atoms with van der Waals surface area (Å²) in [5.41, 5.74) is 14.9. The maximum atomic E-state index is 4.50. The molecule has 0 aliphatic heterocycles. The summed E-state index contributed by atoms with van der Waals surface area (Å²) < 4.78 is 0. The van der Waals surface area contributed by atoms with Gasteiger partial charge in [-0.2, -0.15) is 0 Å². The van der Waals surface area contributed by atoms with Gasteiger partial charge in [0.2, 0.25) is 0 Å². The van der Waals surface area contributed by atoms with Gasteiger partial charge in [0.15, 0.2) is 0 Å². The van der Waals surface area contributed by atoms with E-state index in [1.807, 2.05) is 13.8 Å². The van der Waals surface area contributed by atoms with Gasteiger partial charge in [0.05, 0.1) is 0 Å². The van der Waals surface area contributed by atoms with Crippen molar-refractivity contribution in [1.29, 1.82) is 0 Å². The quantitative estimate of drug-likeness (QED) is 0.644. The second-order valence-corrected chi connectivity index (χ2v) is 7.25. The fraction of sp³-hybridized carbons (Fsp3) is 0.520. The fourth-order valence-electron chi connectivity index (χ4n) is 3.86. The molecule has 2 N–H and O–H groups in total. The second kappa shape index (κ2) is 10.5. The molecule has 0 saturated heterocycles. The topological polar surface area (TPSA) is 26.0 Å². The lowest BCUT2D eigenvalue weighted by molar-refractivity contribution is 0.416. The molecule has 1 nitrogen and oxygen atoms in total. The fourth-order valence-corrected chi connectivity index (χ4v) is 3.86. The molecule has 26 heavy (non-hydrogen) atoms. The summed E-state index contributed by atoms with van der Waals surface area (Å²) >= 11 is 0. The molecule has 2 atom stereocenters. The Bertz CT molecular complexity index is 700. The van der Waals surface area contributed by atoms with E-state index >= 15 is 0 Å². The van der Waals surface area contributed by atoms with Crippen LogP contribution in [0.1, 0.15) is 78.5 Å². The largest absolute Gasteiger partial charge is 0.333 e. The molecule has 1 aliphatic carbocycles. The SMILES string of the molecule is CC.CC[C@H]1Cc2cc(C)c(C)cc2C(c2ccc(C)c(C)c2)C1.CN. The van der Waals surface area contributed by atoms with E-state index in [4.69, 9.17) is 0 Å². The lowest BCUT2D eigenvalue weighted by Gasteiger charge is -2.32. The smallest absolute Gasteiger partial charge is 0.00950 e. The van der Waals surface area contributed by atoms with E-state index in [0.717, 1.165) is 5.92 Å². The molecule has 2 aromatic carbocycles. The number of benzene rings is 2. The molecule has 1 aliphatic rings. The molecule has 0 fully saturated rings. The Morgan fingerprint density at radius 2 is 1.42 bits per heavy atom. The molecule has 0 saturated carbocycles. The van der Waals surface area contributed by atoms with Crippen molar-refractivity contribution in [2.75, 3.05) is 7.05 Å². The molecule has 0 spiro atoms. The highest BCUT2D eigenvalue weighted by Crippen LogP contribution is 2.41. The van der Waals surface area contributed by atoms with Crippen molar-refractivity contribution in [1.82, 2.24) is 0 Å². The number of aryl methyl sites for hydroxylation is 4. The van der Waals surface area contributed by atoms with Crippen LogP contribution >= 0.6 is 0 Å². The predicted molar refractivity (Wildman–Crippen MR) is 117 cm³/mol. The Morgan fingerprint density at radius 3 is 2.00 bits per heavy atom. The summed E-state index contributed by atoms with van der Waals surface area (Å²) in [4.78, 5) is 0. The van der Waals surface area contributed by atoms with Crippen LogP contribution in [-0.2, 0) is 6.42 Å². The highest BCUT2D eigenvalue weighted by atomic mass is 14.4. The summed E-state index contributed by atoms with van der Waals surface area (Å²) in [6.07, 6.45) is 3.84. The lowest BCUT2D eigenvalue weighted by Crippen LogP contribution is -2.20. The first kappa shape index (κ1) is 22.4. The number of hydrogen-bond acceptors (Lipinski definition) is 1. The molecule has 2 aromatic rings. The van der Waals surface area contributed by atoms with Crippen LogP contribution in [0.25, 0.3) is 0 Å². The van der Waals surface area contributed by atoms with Gasteiger partial charge in [-0.25, -0.2) is 0 Å². The van der Waals surface area contributed by atoms with Crippen molar-refractivity contribution in [3.05, 3.63) is 69.3 Å². The number of fused-ring (bicyclic) bond motifs is 1. The van der Waals surface area contributed by atoms with Gasteiger partial charge in [0.1, 0.15) is 0 Å². The summed E-state index contributed by atoms with van der Waals surface area (Å²) in [6.45, 7) is 15.3. The molecule has 1 unspecified atom stereocenters. The van der Waals surface area contributed by atoms with Gasteiger partial charge in [-0.3, -0.25) is 0 Å². The molecule has 3 rings (SSSR count). The molecule has 0 bridgehead atoms. The normalized spacial score (nSPS) is 18.0. The number of rotatable bonds is 2.